The maximum absolute atomic E-state index is 12.7. The number of ether oxygens (including phenoxy) is 1. The fraction of sp³-hybridized carbons (Fsp3) is 0.308. The Bertz CT molecular complexity index is 983. The summed E-state index contributed by atoms with van der Waals surface area (Å²) in [5.41, 5.74) is 1.93. The van der Waals surface area contributed by atoms with Crippen molar-refractivity contribution in [1.82, 2.24) is 10.6 Å². The number of rotatable bonds is 10. The van der Waals surface area contributed by atoms with Crippen molar-refractivity contribution in [2.75, 3.05) is 6.54 Å². The molecule has 162 valence electrons. The van der Waals surface area contributed by atoms with Gasteiger partial charge < -0.3 is 15.4 Å². The molecule has 0 saturated heterocycles. The van der Waals surface area contributed by atoms with Gasteiger partial charge in [-0.25, -0.2) is 4.79 Å². The second-order valence-electron chi connectivity index (χ2n) is 7.66. The molecule has 31 heavy (non-hydrogen) atoms. The Morgan fingerprint density at radius 1 is 0.935 bits per heavy atom. The van der Waals surface area contributed by atoms with Gasteiger partial charge in [-0.1, -0.05) is 92.6 Å². The summed E-state index contributed by atoms with van der Waals surface area (Å²) in [6.07, 6.45) is 2.63. The van der Waals surface area contributed by atoms with Crippen molar-refractivity contribution in [3.8, 4) is 0 Å². The SMILES string of the molecule is CCCC[C@H](CNC(=O)OCc1ccccc1)NC(=O)Cc1cccc2ccccc12. The highest BCUT2D eigenvalue weighted by atomic mass is 16.5. The molecule has 0 radical (unpaired) electrons. The van der Waals surface area contributed by atoms with Gasteiger partial charge in [0.2, 0.25) is 5.91 Å². The van der Waals surface area contributed by atoms with Crippen LogP contribution in [0.5, 0.6) is 0 Å². The lowest BCUT2D eigenvalue weighted by Gasteiger charge is -2.19. The first-order chi connectivity index (χ1) is 15.2. The van der Waals surface area contributed by atoms with Crippen LogP contribution in [0.1, 0.15) is 37.3 Å². The van der Waals surface area contributed by atoms with Gasteiger partial charge in [-0.05, 0) is 28.3 Å². The van der Waals surface area contributed by atoms with E-state index in [1.54, 1.807) is 0 Å². The maximum atomic E-state index is 12.7. The zero-order valence-corrected chi connectivity index (χ0v) is 18.0. The Morgan fingerprint density at radius 3 is 2.48 bits per heavy atom. The monoisotopic (exact) mass is 418 g/mol. The van der Waals surface area contributed by atoms with Gasteiger partial charge in [0.15, 0.2) is 0 Å². The number of carbonyl (C=O) groups excluding carboxylic acids is 2. The molecule has 3 aromatic carbocycles. The molecule has 0 heterocycles. The summed E-state index contributed by atoms with van der Waals surface area (Å²) in [6.45, 7) is 2.67. The molecule has 0 saturated carbocycles. The van der Waals surface area contributed by atoms with Crippen LogP contribution in [-0.2, 0) is 22.6 Å². The summed E-state index contributed by atoms with van der Waals surface area (Å²) in [4.78, 5) is 24.8. The van der Waals surface area contributed by atoms with Gasteiger partial charge >= 0.3 is 6.09 Å². The predicted molar refractivity (Wildman–Crippen MR) is 124 cm³/mol. The lowest BCUT2D eigenvalue weighted by molar-refractivity contribution is -0.121. The summed E-state index contributed by atoms with van der Waals surface area (Å²) in [5, 5.41) is 8.08. The van der Waals surface area contributed by atoms with E-state index in [0.717, 1.165) is 41.2 Å². The number of unbranched alkanes of at least 4 members (excludes halogenated alkanes) is 1. The first kappa shape index (κ1) is 22.3. The Hall–Kier alpha value is -3.34. The third-order valence-corrected chi connectivity index (χ3v) is 5.21. The Morgan fingerprint density at radius 2 is 1.68 bits per heavy atom. The minimum absolute atomic E-state index is 0.0445. The van der Waals surface area contributed by atoms with E-state index in [2.05, 4.69) is 17.6 Å². The number of alkyl carbamates (subject to hydrolysis) is 1. The molecule has 2 amide bonds. The molecule has 2 N–H and O–H groups in total. The molecule has 0 spiro atoms. The van der Waals surface area contributed by atoms with Crippen LogP contribution in [0.3, 0.4) is 0 Å². The highest BCUT2D eigenvalue weighted by molar-refractivity contribution is 5.90. The molecule has 0 aliphatic heterocycles. The molecule has 3 rings (SSSR count). The molecule has 0 aromatic heterocycles. The van der Waals surface area contributed by atoms with Crippen molar-refractivity contribution in [2.24, 2.45) is 0 Å². The molecule has 0 bridgehead atoms. The van der Waals surface area contributed by atoms with Crippen LogP contribution in [0, 0.1) is 0 Å². The molecule has 0 fully saturated rings. The second-order valence-corrected chi connectivity index (χ2v) is 7.66. The van der Waals surface area contributed by atoms with Crippen LogP contribution in [0.25, 0.3) is 10.8 Å². The molecule has 3 aromatic rings. The molecule has 0 aliphatic rings. The lowest BCUT2D eigenvalue weighted by atomic mass is 10.0. The van der Waals surface area contributed by atoms with E-state index in [4.69, 9.17) is 4.74 Å². The van der Waals surface area contributed by atoms with E-state index in [1.165, 1.54) is 0 Å². The molecule has 5 heteroatoms. The first-order valence-electron chi connectivity index (χ1n) is 10.9. The van der Waals surface area contributed by atoms with E-state index < -0.39 is 6.09 Å². The fourth-order valence-electron chi connectivity index (χ4n) is 3.55. The number of nitrogens with one attached hydrogen (secondary N) is 2. The van der Waals surface area contributed by atoms with Crippen LogP contribution in [0.4, 0.5) is 4.79 Å². The number of hydrogen-bond donors (Lipinski definition) is 2. The van der Waals surface area contributed by atoms with E-state index >= 15 is 0 Å². The molecule has 0 aliphatic carbocycles. The van der Waals surface area contributed by atoms with Crippen molar-refractivity contribution in [3.63, 3.8) is 0 Å². The lowest BCUT2D eigenvalue weighted by Crippen LogP contribution is -2.44. The van der Waals surface area contributed by atoms with Crippen molar-refractivity contribution in [1.29, 1.82) is 0 Å². The largest absolute Gasteiger partial charge is 0.445 e. The summed E-state index contributed by atoms with van der Waals surface area (Å²) < 4.78 is 5.27. The van der Waals surface area contributed by atoms with E-state index in [9.17, 15) is 9.59 Å². The third kappa shape index (κ3) is 7.14. The average molecular weight is 419 g/mol. The predicted octanol–water partition coefficient (Wildman–Crippen LogP) is 4.98. The van der Waals surface area contributed by atoms with Crippen molar-refractivity contribution in [2.45, 2.75) is 45.3 Å². The molecule has 0 unspecified atom stereocenters. The van der Waals surface area contributed by atoms with Gasteiger partial charge in [0, 0.05) is 12.6 Å². The van der Waals surface area contributed by atoms with Gasteiger partial charge in [0.25, 0.3) is 0 Å². The third-order valence-electron chi connectivity index (χ3n) is 5.21. The van der Waals surface area contributed by atoms with Gasteiger partial charge in [0.05, 0.1) is 6.42 Å². The molecule has 1 atom stereocenters. The summed E-state index contributed by atoms with van der Waals surface area (Å²) >= 11 is 0. The fourth-order valence-corrected chi connectivity index (χ4v) is 3.55. The highest BCUT2D eigenvalue weighted by Gasteiger charge is 2.15. The quantitative estimate of drug-likeness (QED) is 0.488. The minimum Gasteiger partial charge on any atom is -0.445 e. The standard InChI is InChI=1S/C26H30N2O3/c1-2-3-15-23(18-27-26(30)31-19-20-10-5-4-6-11-20)28-25(29)17-22-14-9-13-21-12-7-8-16-24(21)22/h4-14,16,23H,2-3,15,17-19H2,1H3,(H,27,30)(H,28,29)/t23-/m1/s1. The second kappa shape index (κ2) is 11.7. The van der Waals surface area contributed by atoms with Gasteiger partial charge in [-0.15, -0.1) is 0 Å². The van der Waals surface area contributed by atoms with E-state index in [0.29, 0.717) is 13.0 Å². The van der Waals surface area contributed by atoms with E-state index in [1.807, 2.05) is 72.8 Å². The van der Waals surface area contributed by atoms with Gasteiger partial charge in [-0.3, -0.25) is 4.79 Å². The van der Waals surface area contributed by atoms with Gasteiger partial charge in [-0.2, -0.15) is 0 Å². The summed E-state index contributed by atoms with van der Waals surface area (Å²) in [7, 11) is 0. The summed E-state index contributed by atoms with van der Waals surface area (Å²) in [6, 6.07) is 23.5. The summed E-state index contributed by atoms with van der Waals surface area (Å²) in [5.74, 6) is -0.0445. The Balaban J connectivity index is 1.52. The van der Waals surface area contributed by atoms with Crippen LogP contribution >= 0.6 is 0 Å². The smallest absolute Gasteiger partial charge is 0.407 e. The number of amides is 2. The van der Waals surface area contributed by atoms with Crippen LogP contribution < -0.4 is 10.6 Å². The van der Waals surface area contributed by atoms with Crippen molar-refractivity contribution < 1.29 is 14.3 Å². The highest BCUT2D eigenvalue weighted by Crippen LogP contribution is 2.19. The normalized spacial score (nSPS) is 11.6. The molecular formula is C26H30N2O3. The Kier molecular flexibility index (Phi) is 8.47. The maximum Gasteiger partial charge on any atom is 0.407 e. The van der Waals surface area contributed by atoms with Crippen LogP contribution in [0.2, 0.25) is 0 Å². The first-order valence-corrected chi connectivity index (χ1v) is 10.9. The number of benzene rings is 3. The van der Waals surface area contributed by atoms with E-state index in [-0.39, 0.29) is 18.6 Å². The number of hydrogen-bond acceptors (Lipinski definition) is 3. The minimum atomic E-state index is -0.478. The van der Waals surface area contributed by atoms with Crippen molar-refractivity contribution >= 4 is 22.8 Å². The zero-order chi connectivity index (χ0) is 21.9. The van der Waals surface area contributed by atoms with Gasteiger partial charge in [0.1, 0.15) is 6.61 Å². The molecular weight excluding hydrogens is 388 g/mol. The zero-order valence-electron chi connectivity index (χ0n) is 18.0. The topological polar surface area (TPSA) is 67.4 Å². The Labute approximate surface area is 183 Å². The average Bonchev–Trinajstić information content (AvgIpc) is 2.80. The number of fused-ring (bicyclic) bond motifs is 1. The molecule has 5 nitrogen and oxygen atoms in total. The number of carbonyl (C=O) groups is 2. The van der Waals surface area contributed by atoms with Crippen molar-refractivity contribution in [3.05, 3.63) is 83.9 Å². The van der Waals surface area contributed by atoms with Crippen LogP contribution in [0.15, 0.2) is 72.8 Å². The van der Waals surface area contributed by atoms with Crippen LogP contribution in [-0.4, -0.2) is 24.6 Å².